The predicted molar refractivity (Wildman–Crippen MR) is 137 cm³/mol. The molecule has 9 heteroatoms. The molecule has 1 amide bonds. The van der Waals surface area contributed by atoms with Gasteiger partial charge in [-0.05, 0) is 54.9 Å². The summed E-state index contributed by atoms with van der Waals surface area (Å²) in [5.74, 6) is -1.26. The Labute approximate surface area is 214 Å². The Morgan fingerprint density at radius 2 is 1.86 bits per heavy atom. The maximum Gasteiger partial charge on any atom is 0.268 e. The number of ether oxygens (including phenoxy) is 1. The molecule has 3 aromatic rings. The van der Waals surface area contributed by atoms with E-state index in [1.54, 1.807) is 24.4 Å². The van der Waals surface area contributed by atoms with Gasteiger partial charge in [-0.15, -0.1) is 0 Å². The van der Waals surface area contributed by atoms with Crippen molar-refractivity contribution in [2.45, 2.75) is 44.7 Å². The van der Waals surface area contributed by atoms with Crippen LogP contribution in [0.4, 0.5) is 4.39 Å². The van der Waals surface area contributed by atoms with E-state index in [0.29, 0.717) is 53.9 Å². The highest BCUT2D eigenvalue weighted by molar-refractivity contribution is 6.02. The first-order valence-electron chi connectivity index (χ1n) is 13.0. The Hall–Kier alpha value is -3.30. The molecule has 0 bridgehead atoms. The summed E-state index contributed by atoms with van der Waals surface area (Å²) in [6.45, 7) is 3.73. The van der Waals surface area contributed by atoms with Gasteiger partial charge in [0.05, 0.1) is 18.6 Å². The van der Waals surface area contributed by atoms with E-state index in [-0.39, 0.29) is 23.2 Å². The SMILES string of the molecule is O=C(NC1CC2(CCC2)C1)c1c(O)c2cc(-c3ccc(F)cc3)cnc2n(CCN2CCOCC2)c1=O. The highest BCUT2D eigenvalue weighted by Crippen LogP contribution is 2.55. The number of hydrogen-bond donors (Lipinski definition) is 2. The van der Waals surface area contributed by atoms with E-state index in [2.05, 4.69) is 15.2 Å². The van der Waals surface area contributed by atoms with Crippen molar-refractivity contribution in [1.82, 2.24) is 19.8 Å². The molecule has 1 aromatic carbocycles. The van der Waals surface area contributed by atoms with Crippen LogP contribution in [0.1, 0.15) is 42.5 Å². The summed E-state index contributed by atoms with van der Waals surface area (Å²) in [6.07, 6.45) is 7.10. The Bertz CT molecular complexity index is 1390. The number of hydrogen-bond acceptors (Lipinski definition) is 6. The number of halogens is 1. The van der Waals surface area contributed by atoms with E-state index in [1.807, 2.05) is 0 Å². The lowest BCUT2D eigenvalue weighted by molar-refractivity contribution is -0.000679. The first kappa shape index (κ1) is 24.1. The fourth-order valence-electron chi connectivity index (χ4n) is 6.02. The van der Waals surface area contributed by atoms with E-state index in [1.165, 1.54) is 36.0 Å². The van der Waals surface area contributed by atoms with Crippen LogP contribution in [-0.4, -0.2) is 64.4 Å². The summed E-state index contributed by atoms with van der Waals surface area (Å²) < 4.78 is 20.4. The normalized spacial score (nSPS) is 19.5. The van der Waals surface area contributed by atoms with Gasteiger partial charge in [-0.1, -0.05) is 18.6 Å². The number of carbonyl (C=O) groups excluding carboxylic acids is 1. The Balaban J connectivity index is 1.37. The zero-order valence-corrected chi connectivity index (χ0v) is 20.7. The van der Waals surface area contributed by atoms with Crippen LogP contribution in [0.15, 0.2) is 41.3 Å². The molecule has 37 heavy (non-hydrogen) atoms. The second-order valence-electron chi connectivity index (χ2n) is 10.7. The Morgan fingerprint density at radius 1 is 1.14 bits per heavy atom. The van der Waals surface area contributed by atoms with Crippen LogP contribution in [0.3, 0.4) is 0 Å². The molecule has 3 heterocycles. The van der Waals surface area contributed by atoms with E-state index in [0.717, 1.165) is 25.9 Å². The number of rotatable bonds is 6. The average molecular weight is 507 g/mol. The molecule has 2 aromatic heterocycles. The van der Waals surface area contributed by atoms with Crippen LogP contribution in [0.5, 0.6) is 5.75 Å². The maximum atomic E-state index is 13.6. The smallest absolute Gasteiger partial charge is 0.268 e. The second kappa shape index (κ2) is 9.54. The number of morpholine rings is 1. The number of amides is 1. The van der Waals surface area contributed by atoms with Crippen molar-refractivity contribution in [3.05, 3.63) is 58.3 Å². The molecular formula is C28H31FN4O4. The molecule has 1 aliphatic heterocycles. The topological polar surface area (TPSA) is 96.7 Å². The monoisotopic (exact) mass is 506 g/mol. The second-order valence-corrected chi connectivity index (χ2v) is 10.7. The summed E-state index contributed by atoms with van der Waals surface area (Å²) in [7, 11) is 0. The molecule has 8 nitrogen and oxygen atoms in total. The molecule has 2 saturated carbocycles. The van der Waals surface area contributed by atoms with Crippen LogP contribution in [0, 0.1) is 11.2 Å². The summed E-state index contributed by atoms with van der Waals surface area (Å²) in [4.78, 5) is 33.7. The van der Waals surface area contributed by atoms with Crippen LogP contribution in [0.25, 0.3) is 22.2 Å². The lowest BCUT2D eigenvalue weighted by Gasteiger charge is -2.54. The van der Waals surface area contributed by atoms with Gasteiger partial charge in [0.2, 0.25) is 0 Å². The van der Waals surface area contributed by atoms with Crippen molar-refractivity contribution in [1.29, 1.82) is 0 Å². The van der Waals surface area contributed by atoms with Gasteiger partial charge in [-0.25, -0.2) is 9.37 Å². The van der Waals surface area contributed by atoms with Crippen molar-refractivity contribution in [3.63, 3.8) is 0 Å². The van der Waals surface area contributed by atoms with Crippen molar-refractivity contribution in [2.24, 2.45) is 5.41 Å². The minimum absolute atomic E-state index is 0.0211. The van der Waals surface area contributed by atoms with Crippen molar-refractivity contribution in [3.8, 4) is 16.9 Å². The number of nitrogens with one attached hydrogen (secondary N) is 1. The lowest BCUT2D eigenvalue weighted by Crippen LogP contribution is -2.54. The Morgan fingerprint density at radius 3 is 2.54 bits per heavy atom. The standard InChI is InChI=1S/C28H31FN4O4/c29-20-4-2-18(3-5-20)19-14-22-24(34)23(26(35)31-21-15-28(16-21)6-1-7-28)27(36)33(25(22)30-17-19)9-8-32-10-12-37-13-11-32/h2-5,14,17,21,34H,1,6-13,15-16H2,(H,31,35). The largest absolute Gasteiger partial charge is 0.506 e. The number of fused-ring (bicyclic) bond motifs is 1. The van der Waals surface area contributed by atoms with Crippen molar-refractivity contribution >= 4 is 16.9 Å². The fourth-order valence-corrected chi connectivity index (χ4v) is 6.02. The summed E-state index contributed by atoms with van der Waals surface area (Å²) in [6, 6.07) is 7.70. The molecule has 0 unspecified atom stereocenters. The maximum absolute atomic E-state index is 13.6. The number of pyridine rings is 2. The third kappa shape index (κ3) is 4.51. The Kier molecular flexibility index (Phi) is 6.20. The fraction of sp³-hybridized carbons (Fsp3) is 0.464. The van der Waals surface area contributed by atoms with Crippen molar-refractivity contribution in [2.75, 3.05) is 32.8 Å². The minimum atomic E-state index is -0.546. The van der Waals surface area contributed by atoms with Gasteiger partial charge in [0.1, 0.15) is 22.8 Å². The summed E-state index contributed by atoms with van der Waals surface area (Å²) >= 11 is 0. The van der Waals surface area contributed by atoms with Crippen LogP contribution in [0.2, 0.25) is 0 Å². The highest BCUT2D eigenvalue weighted by Gasteiger charge is 2.48. The molecule has 2 N–H and O–H groups in total. The zero-order valence-electron chi connectivity index (χ0n) is 20.7. The zero-order chi connectivity index (χ0) is 25.6. The van der Waals surface area contributed by atoms with Crippen LogP contribution in [-0.2, 0) is 11.3 Å². The third-order valence-electron chi connectivity index (χ3n) is 8.33. The lowest BCUT2D eigenvalue weighted by atomic mass is 9.54. The number of aromatic nitrogens is 2. The molecule has 194 valence electrons. The molecular weight excluding hydrogens is 475 g/mol. The molecule has 1 saturated heterocycles. The van der Waals surface area contributed by atoms with Gasteiger partial charge in [0.15, 0.2) is 0 Å². The van der Waals surface area contributed by atoms with Gasteiger partial charge >= 0.3 is 0 Å². The number of aromatic hydroxyl groups is 1. The highest BCUT2D eigenvalue weighted by atomic mass is 19.1. The third-order valence-corrected chi connectivity index (χ3v) is 8.33. The van der Waals surface area contributed by atoms with Gasteiger partial charge in [-0.2, -0.15) is 0 Å². The molecule has 0 atom stereocenters. The van der Waals surface area contributed by atoms with Gasteiger partial charge in [-0.3, -0.25) is 19.1 Å². The first-order chi connectivity index (χ1) is 17.9. The summed E-state index contributed by atoms with van der Waals surface area (Å²) in [5, 5.41) is 14.5. The molecule has 3 fully saturated rings. The molecule has 3 aliphatic rings. The van der Waals surface area contributed by atoms with Crippen LogP contribution >= 0.6 is 0 Å². The van der Waals surface area contributed by atoms with E-state index >= 15 is 0 Å². The molecule has 6 rings (SSSR count). The molecule has 2 aliphatic carbocycles. The predicted octanol–water partition coefficient (Wildman–Crippen LogP) is 3.30. The summed E-state index contributed by atoms with van der Waals surface area (Å²) in [5.41, 5.74) is 1.26. The van der Waals surface area contributed by atoms with E-state index in [9.17, 15) is 19.1 Å². The van der Waals surface area contributed by atoms with Crippen molar-refractivity contribution < 1.29 is 19.0 Å². The number of nitrogens with zero attached hydrogens (tertiary/aromatic N) is 3. The minimum Gasteiger partial charge on any atom is -0.506 e. The first-order valence-corrected chi connectivity index (χ1v) is 13.0. The van der Waals surface area contributed by atoms with Gasteiger partial charge in [0.25, 0.3) is 11.5 Å². The molecule has 1 spiro atoms. The number of benzene rings is 1. The van der Waals surface area contributed by atoms with Crippen LogP contribution < -0.4 is 10.9 Å². The quantitative estimate of drug-likeness (QED) is 0.533. The van der Waals surface area contributed by atoms with E-state index in [4.69, 9.17) is 4.74 Å². The van der Waals surface area contributed by atoms with Gasteiger partial charge in [0, 0.05) is 44.0 Å². The van der Waals surface area contributed by atoms with Gasteiger partial charge < -0.3 is 15.2 Å². The average Bonchev–Trinajstić information content (AvgIpc) is 2.86. The van der Waals surface area contributed by atoms with E-state index < -0.39 is 11.5 Å². The molecule has 0 radical (unpaired) electrons. The number of carbonyl (C=O) groups is 1.